The maximum absolute atomic E-state index is 13.9. The van der Waals surface area contributed by atoms with Gasteiger partial charge in [-0.15, -0.1) is 0 Å². The first kappa shape index (κ1) is 22.5. The summed E-state index contributed by atoms with van der Waals surface area (Å²) in [5.41, 5.74) is 2.05. The number of hydrogen-bond acceptors (Lipinski definition) is 4. The molecule has 2 aromatic rings. The standard InChI is InChI=1S/C24H36FN3O3/c1-4-30-13-14-31-19-5-9-24(3,10-6-19)27-11-7-18(8-12-27)28-22-15-17(2)20(25)16-21(22)26-23(28)29/h15-16,18-19H,4-14H2,1-3H3,(H,26,29)/t19-,24-. The van der Waals surface area contributed by atoms with Gasteiger partial charge < -0.3 is 14.5 Å². The number of imidazole rings is 1. The number of nitrogens with one attached hydrogen (secondary N) is 1. The van der Waals surface area contributed by atoms with Crippen LogP contribution in [0.25, 0.3) is 11.0 Å². The van der Waals surface area contributed by atoms with Crippen molar-refractivity contribution in [3.05, 3.63) is 34.0 Å². The molecule has 1 aliphatic carbocycles. The van der Waals surface area contributed by atoms with Crippen LogP contribution in [0.5, 0.6) is 0 Å². The van der Waals surface area contributed by atoms with Gasteiger partial charge in [0, 0.05) is 31.3 Å². The molecule has 1 aromatic carbocycles. The van der Waals surface area contributed by atoms with Gasteiger partial charge in [0.1, 0.15) is 5.82 Å². The molecule has 6 nitrogen and oxygen atoms in total. The molecule has 1 N–H and O–H groups in total. The SMILES string of the molecule is CCOCCO[C@H]1CC[C@](C)(N2CCC(n3c(=O)[nH]c4cc(F)c(C)cc43)CC2)CC1. The summed E-state index contributed by atoms with van der Waals surface area (Å²) in [5, 5.41) is 0. The van der Waals surface area contributed by atoms with Crippen molar-refractivity contribution >= 4 is 11.0 Å². The van der Waals surface area contributed by atoms with Gasteiger partial charge in [-0.05, 0) is 77.0 Å². The van der Waals surface area contributed by atoms with Gasteiger partial charge >= 0.3 is 5.69 Å². The lowest BCUT2D eigenvalue weighted by Crippen LogP contribution is -2.53. The summed E-state index contributed by atoms with van der Waals surface area (Å²) in [5.74, 6) is -0.277. The number of likely N-dealkylation sites (tertiary alicyclic amines) is 1. The van der Waals surface area contributed by atoms with Gasteiger partial charge in [-0.1, -0.05) is 0 Å². The van der Waals surface area contributed by atoms with E-state index in [2.05, 4.69) is 16.8 Å². The number of aryl methyl sites for hydroxylation is 1. The molecule has 7 heteroatoms. The normalized spacial score (nSPS) is 26.0. The minimum atomic E-state index is -0.277. The van der Waals surface area contributed by atoms with E-state index in [9.17, 15) is 9.18 Å². The smallest absolute Gasteiger partial charge is 0.326 e. The van der Waals surface area contributed by atoms with E-state index in [1.54, 1.807) is 13.0 Å². The van der Waals surface area contributed by atoms with Crippen molar-refractivity contribution in [2.24, 2.45) is 0 Å². The first-order valence-corrected chi connectivity index (χ1v) is 11.8. The number of halogens is 1. The third-order valence-corrected chi connectivity index (χ3v) is 7.39. The number of fused-ring (bicyclic) bond motifs is 1. The van der Waals surface area contributed by atoms with Crippen molar-refractivity contribution in [1.82, 2.24) is 14.5 Å². The van der Waals surface area contributed by atoms with E-state index >= 15 is 0 Å². The van der Waals surface area contributed by atoms with Gasteiger partial charge in [-0.2, -0.15) is 0 Å². The Kier molecular flexibility index (Phi) is 6.84. The van der Waals surface area contributed by atoms with Crippen molar-refractivity contribution in [3.63, 3.8) is 0 Å². The van der Waals surface area contributed by atoms with E-state index in [0.717, 1.165) is 63.7 Å². The molecule has 0 bridgehead atoms. The highest BCUT2D eigenvalue weighted by molar-refractivity contribution is 5.76. The van der Waals surface area contributed by atoms with Crippen LogP contribution in [0.3, 0.4) is 0 Å². The molecule has 31 heavy (non-hydrogen) atoms. The highest BCUT2D eigenvalue weighted by Gasteiger charge is 2.38. The molecule has 1 saturated heterocycles. The van der Waals surface area contributed by atoms with Crippen LogP contribution < -0.4 is 5.69 Å². The van der Waals surface area contributed by atoms with E-state index in [0.29, 0.717) is 30.4 Å². The Bertz CT molecular complexity index is 937. The number of piperidine rings is 1. The monoisotopic (exact) mass is 433 g/mol. The molecule has 1 aliphatic heterocycles. The molecule has 0 unspecified atom stereocenters. The van der Waals surface area contributed by atoms with Crippen LogP contribution >= 0.6 is 0 Å². The number of ether oxygens (including phenoxy) is 2. The van der Waals surface area contributed by atoms with E-state index < -0.39 is 0 Å². The molecular weight excluding hydrogens is 397 g/mol. The molecule has 1 saturated carbocycles. The zero-order valence-corrected chi connectivity index (χ0v) is 19.1. The molecule has 2 aliphatic rings. The van der Waals surface area contributed by atoms with Gasteiger partial charge in [0.2, 0.25) is 0 Å². The summed E-state index contributed by atoms with van der Waals surface area (Å²) in [6, 6.07) is 3.39. The maximum Gasteiger partial charge on any atom is 0.326 e. The molecule has 172 valence electrons. The first-order valence-electron chi connectivity index (χ1n) is 11.8. The Morgan fingerprint density at radius 1 is 1.16 bits per heavy atom. The average Bonchev–Trinajstić information content (AvgIpc) is 3.07. The molecule has 2 fully saturated rings. The molecule has 0 amide bonds. The predicted molar refractivity (Wildman–Crippen MR) is 120 cm³/mol. The predicted octanol–water partition coefficient (Wildman–Crippen LogP) is 4.17. The van der Waals surface area contributed by atoms with Crippen molar-refractivity contribution in [3.8, 4) is 0 Å². The van der Waals surface area contributed by atoms with Crippen LogP contribution in [0.2, 0.25) is 0 Å². The first-order chi connectivity index (χ1) is 14.9. The van der Waals surface area contributed by atoms with Crippen LogP contribution in [-0.4, -0.2) is 59.0 Å². The number of benzene rings is 1. The topological polar surface area (TPSA) is 59.5 Å². The van der Waals surface area contributed by atoms with E-state index in [-0.39, 0.29) is 23.1 Å². The lowest BCUT2D eigenvalue weighted by molar-refractivity contribution is -0.0450. The molecule has 1 aromatic heterocycles. The van der Waals surface area contributed by atoms with Crippen LogP contribution in [0.4, 0.5) is 4.39 Å². The second-order valence-corrected chi connectivity index (χ2v) is 9.40. The van der Waals surface area contributed by atoms with Crippen molar-refractivity contribution < 1.29 is 13.9 Å². The molecule has 0 atom stereocenters. The van der Waals surface area contributed by atoms with Crippen LogP contribution in [0.1, 0.15) is 64.0 Å². The lowest BCUT2D eigenvalue weighted by Gasteiger charge is -2.48. The average molecular weight is 434 g/mol. The van der Waals surface area contributed by atoms with Gasteiger partial charge in [0.05, 0.1) is 30.4 Å². The van der Waals surface area contributed by atoms with E-state index in [1.807, 2.05) is 11.5 Å². The minimum absolute atomic E-state index is 0.130. The molecule has 2 heterocycles. The van der Waals surface area contributed by atoms with Crippen LogP contribution in [-0.2, 0) is 9.47 Å². The number of nitrogens with zero attached hydrogens (tertiary/aromatic N) is 2. The number of rotatable bonds is 7. The summed E-state index contributed by atoms with van der Waals surface area (Å²) in [7, 11) is 0. The molecule has 0 spiro atoms. The highest BCUT2D eigenvalue weighted by Crippen LogP contribution is 2.38. The van der Waals surface area contributed by atoms with E-state index in [4.69, 9.17) is 9.47 Å². The largest absolute Gasteiger partial charge is 0.379 e. The van der Waals surface area contributed by atoms with Gasteiger partial charge in [-0.25, -0.2) is 9.18 Å². The molecule has 0 radical (unpaired) electrons. The van der Waals surface area contributed by atoms with E-state index in [1.165, 1.54) is 6.07 Å². The Balaban J connectivity index is 1.35. The summed E-state index contributed by atoms with van der Waals surface area (Å²) >= 11 is 0. The Morgan fingerprint density at radius 2 is 1.87 bits per heavy atom. The second kappa shape index (κ2) is 9.43. The van der Waals surface area contributed by atoms with Gasteiger partial charge in [-0.3, -0.25) is 9.47 Å². The highest BCUT2D eigenvalue weighted by atomic mass is 19.1. The summed E-state index contributed by atoms with van der Waals surface area (Å²) < 4.78 is 27.1. The fourth-order valence-corrected chi connectivity index (χ4v) is 5.39. The summed E-state index contributed by atoms with van der Waals surface area (Å²) in [6.07, 6.45) is 6.69. The van der Waals surface area contributed by atoms with Crippen LogP contribution in [0, 0.1) is 12.7 Å². The number of hydrogen-bond donors (Lipinski definition) is 1. The number of aromatic amines is 1. The number of H-pyrrole nitrogens is 1. The van der Waals surface area contributed by atoms with Crippen molar-refractivity contribution in [1.29, 1.82) is 0 Å². The number of aromatic nitrogens is 2. The zero-order chi connectivity index (χ0) is 22.0. The lowest BCUT2D eigenvalue weighted by atomic mass is 9.79. The summed E-state index contributed by atoms with van der Waals surface area (Å²) in [6.45, 7) is 10.2. The van der Waals surface area contributed by atoms with Gasteiger partial charge in [0.25, 0.3) is 0 Å². The molecule has 4 rings (SSSR count). The maximum atomic E-state index is 13.9. The third-order valence-electron chi connectivity index (χ3n) is 7.39. The van der Waals surface area contributed by atoms with Crippen molar-refractivity contribution in [2.45, 2.75) is 77.0 Å². The minimum Gasteiger partial charge on any atom is -0.379 e. The fourth-order valence-electron chi connectivity index (χ4n) is 5.39. The second-order valence-electron chi connectivity index (χ2n) is 9.40. The fraction of sp³-hybridized carbons (Fsp3) is 0.708. The third kappa shape index (κ3) is 4.73. The van der Waals surface area contributed by atoms with Crippen molar-refractivity contribution in [2.75, 3.05) is 32.9 Å². The Morgan fingerprint density at radius 3 is 2.55 bits per heavy atom. The summed E-state index contributed by atoms with van der Waals surface area (Å²) in [4.78, 5) is 18.1. The van der Waals surface area contributed by atoms with Crippen LogP contribution in [0.15, 0.2) is 16.9 Å². The zero-order valence-electron chi connectivity index (χ0n) is 19.1. The molecular formula is C24H36FN3O3. The Labute approximate surface area is 183 Å². The Hall–Kier alpha value is -1.70. The van der Waals surface area contributed by atoms with Gasteiger partial charge in [0.15, 0.2) is 0 Å². The quantitative estimate of drug-likeness (QED) is 0.666.